The van der Waals surface area contributed by atoms with E-state index in [1.165, 1.54) is 0 Å². The predicted molar refractivity (Wildman–Crippen MR) is 75.6 cm³/mol. The number of aliphatic hydroxyl groups is 1. The van der Waals surface area contributed by atoms with Gasteiger partial charge in [0.1, 0.15) is 17.6 Å². The topological polar surface area (TPSA) is 50.7 Å². The van der Waals surface area contributed by atoms with Crippen molar-refractivity contribution in [3.63, 3.8) is 0 Å². The van der Waals surface area contributed by atoms with Crippen LogP contribution in [0.25, 0.3) is 6.08 Å². The van der Waals surface area contributed by atoms with E-state index in [4.69, 9.17) is 9.47 Å². The van der Waals surface area contributed by atoms with Gasteiger partial charge in [-0.1, -0.05) is 26.0 Å². The van der Waals surface area contributed by atoms with Crippen molar-refractivity contribution >= 4 is 6.08 Å². The van der Waals surface area contributed by atoms with Crippen LogP contribution in [0.4, 0.5) is 0 Å². The first-order chi connectivity index (χ1) is 9.08. The summed E-state index contributed by atoms with van der Waals surface area (Å²) in [6.07, 6.45) is 3.30. The average molecular weight is 263 g/mol. The molecule has 2 rings (SSSR count). The molecule has 0 unspecified atom stereocenters. The van der Waals surface area contributed by atoms with E-state index in [1.807, 2.05) is 24.3 Å². The van der Waals surface area contributed by atoms with Crippen molar-refractivity contribution in [1.82, 2.24) is 5.32 Å². The van der Waals surface area contributed by atoms with Crippen LogP contribution in [0.1, 0.15) is 31.1 Å². The number of fused-ring (bicyclic) bond motifs is 1. The zero-order chi connectivity index (χ0) is 14.0. The quantitative estimate of drug-likeness (QED) is 0.873. The highest BCUT2D eigenvalue weighted by Crippen LogP contribution is 2.40. The summed E-state index contributed by atoms with van der Waals surface area (Å²) in [6, 6.07) is 3.85. The first-order valence-electron chi connectivity index (χ1n) is 6.45. The summed E-state index contributed by atoms with van der Waals surface area (Å²) in [5.74, 6) is 1.43. The molecule has 4 nitrogen and oxygen atoms in total. The number of methoxy groups -OCH3 is 2. The number of ether oxygens (including phenoxy) is 2. The molecule has 1 aromatic rings. The highest BCUT2D eigenvalue weighted by atomic mass is 16.5. The molecule has 0 spiro atoms. The lowest BCUT2D eigenvalue weighted by atomic mass is 9.89. The van der Waals surface area contributed by atoms with Crippen LogP contribution in [-0.2, 0) is 0 Å². The molecular formula is C15H21NO3. The number of aliphatic hydroxyl groups excluding tert-OH is 1. The highest BCUT2D eigenvalue weighted by molar-refractivity contribution is 5.68. The van der Waals surface area contributed by atoms with Crippen LogP contribution in [0.15, 0.2) is 18.2 Å². The Balaban J connectivity index is 2.46. The van der Waals surface area contributed by atoms with Gasteiger partial charge in [-0.3, -0.25) is 0 Å². The number of hydrogen-bond donors (Lipinski definition) is 2. The summed E-state index contributed by atoms with van der Waals surface area (Å²) >= 11 is 0. The molecule has 1 aromatic carbocycles. The SMILES string of the molecule is COc1ccc(OC)c2c1C=C[C@@H](NC(C)C)[C@@H]2O. The Morgan fingerprint density at radius 2 is 1.79 bits per heavy atom. The normalized spacial score (nSPS) is 21.4. The standard InChI is InChI=1S/C15H21NO3/c1-9(2)16-11-6-5-10-12(18-3)7-8-13(19-4)14(10)15(11)17/h5-9,11,15-17H,1-4H3/t11-,15+/m1/s1. The monoisotopic (exact) mass is 263 g/mol. The molecule has 0 saturated heterocycles. The van der Waals surface area contributed by atoms with E-state index in [2.05, 4.69) is 19.2 Å². The van der Waals surface area contributed by atoms with E-state index in [1.54, 1.807) is 14.2 Å². The second-order valence-electron chi connectivity index (χ2n) is 4.95. The van der Waals surface area contributed by atoms with Gasteiger partial charge < -0.3 is 19.9 Å². The van der Waals surface area contributed by atoms with E-state index in [9.17, 15) is 5.11 Å². The van der Waals surface area contributed by atoms with Crippen LogP contribution in [0.5, 0.6) is 11.5 Å². The van der Waals surface area contributed by atoms with Gasteiger partial charge in [0.2, 0.25) is 0 Å². The number of benzene rings is 1. The maximum absolute atomic E-state index is 10.6. The Kier molecular flexibility index (Phi) is 4.12. The van der Waals surface area contributed by atoms with Crippen LogP contribution in [-0.4, -0.2) is 31.4 Å². The lowest BCUT2D eigenvalue weighted by Crippen LogP contribution is -2.39. The summed E-state index contributed by atoms with van der Waals surface area (Å²) in [7, 11) is 3.23. The fourth-order valence-corrected chi connectivity index (χ4v) is 2.45. The summed E-state index contributed by atoms with van der Waals surface area (Å²) < 4.78 is 10.7. The molecule has 4 heteroatoms. The second-order valence-corrected chi connectivity index (χ2v) is 4.95. The lowest BCUT2D eigenvalue weighted by molar-refractivity contribution is 0.138. The van der Waals surface area contributed by atoms with Crippen LogP contribution in [0.2, 0.25) is 0 Å². The van der Waals surface area contributed by atoms with Crippen molar-refractivity contribution < 1.29 is 14.6 Å². The molecule has 0 aromatic heterocycles. The van der Waals surface area contributed by atoms with Crippen molar-refractivity contribution in [3.05, 3.63) is 29.3 Å². The second kappa shape index (κ2) is 5.63. The van der Waals surface area contributed by atoms with Gasteiger partial charge >= 0.3 is 0 Å². The summed E-state index contributed by atoms with van der Waals surface area (Å²) in [6.45, 7) is 4.11. The van der Waals surface area contributed by atoms with Gasteiger partial charge in [-0.15, -0.1) is 0 Å². The number of hydrogen-bond acceptors (Lipinski definition) is 4. The van der Waals surface area contributed by atoms with Gasteiger partial charge in [0, 0.05) is 17.2 Å². The molecule has 0 saturated carbocycles. The number of nitrogens with one attached hydrogen (secondary N) is 1. The molecule has 2 N–H and O–H groups in total. The zero-order valence-corrected chi connectivity index (χ0v) is 11.8. The maximum Gasteiger partial charge on any atom is 0.126 e. The van der Waals surface area contributed by atoms with Crippen LogP contribution in [0, 0.1) is 0 Å². The van der Waals surface area contributed by atoms with Crippen molar-refractivity contribution in [1.29, 1.82) is 0 Å². The molecule has 0 aliphatic heterocycles. The Hall–Kier alpha value is -1.52. The Morgan fingerprint density at radius 3 is 2.37 bits per heavy atom. The average Bonchev–Trinajstić information content (AvgIpc) is 2.40. The summed E-state index contributed by atoms with van der Waals surface area (Å²) in [4.78, 5) is 0. The first kappa shape index (κ1) is 13.9. The molecule has 0 heterocycles. The molecular weight excluding hydrogens is 242 g/mol. The Labute approximate surface area is 114 Å². The molecule has 0 radical (unpaired) electrons. The molecule has 0 fully saturated rings. The fraction of sp³-hybridized carbons (Fsp3) is 0.467. The van der Waals surface area contributed by atoms with E-state index in [0.717, 1.165) is 16.9 Å². The van der Waals surface area contributed by atoms with E-state index < -0.39 is 6.10 Å². The third-order valence-corrected chi connectivity index (χ3v) is 3.28. The fourth-order valence-electron chi connectivity index (χ4n) is 2.45. The van der Waals surface area contributed by atoms with Crippen LogP contribution >= 0.6 is 0 Å². The van der Waals surface area contributed by atoms with Gasteiger partial charge in [-0.2, -0.15) is 0 Å². The van der Waals surface area contributed by atoms with E-state index >= 15 is 0 Å². The van der Waals surface area contributed by atoms with Crippen molar-refractivity contribution in [3.8, 4) is 11.5 Å². The zero-order valence-electron chi connectivity index (χ0n) is 11.8. The predicted octanol–water partition coefficient (Wildman–Crippen LogP) is 2.13. The van der Waals surface area contributed by atoms with Crippen LogP contribution < -0.4 is 14.8 Å². The largest absolute Gasteiger partial charge is 0.496 e. The minimum absolute atomic E-state index is 0.117. The van der Waals surface area contributed by atoms with E-state index in [-0.39, 0.29) is 6.04 Å². The minimum atomic E-state index is -0.646. The minimum Gasteiger partial charge on any atom is -0.496 e. The summed E-state index contributed by atoms with van der Waals surface area (Å²) in [5, 5.41) is 13.9. The van der Waals surface area contributed by atoms with E-state index in [0.29, 0.717) is 11.8 Å². The Bertz CT molecular complexity index is 483. The van der Waals surface area contributed by atoms with Gasteiger partial charge in [-0.25, -0.2) is 0 Å². The van der Waals surface area contributed by atoms with Gasteiger partial charge in [0.25, 0.3) is 0 Å². The molecule has 19 heavy (non-hydrogen) atoms. The van der Waals surface area contributed by atoms with Crippen molar-refractivity contribution in [2.24, 2.45) is 0 Å². The van der Waals surface area contributed by atoms with Crippen molar-refractivity contribution in [2.45, 2.75) is 32.0 Å². The van der Waals surface area contributed by atoms with Crippen LogP contribution in [0.3, 0.4) is 0 Å². The third kappa shape index (κ3) is 2.60. The van der Waals surface area contributed by atoms with Gasteiger partial charge in [0.15, 0.2) is 0 Å². The molecule has 2 atom stereocenters. The Morgan fingerprint density at radius 1 is 1.16 bits per heavy atom. The third-order valence-electron chi connectivity index (χ3n) is 3.28. The van der Waals surface area contributed by atoms with Gasteiger partial charge in [0.05, 0.1) is 20.3 Å². The maximum atomic E-state index is 10.6. The highest BCUT2D eigenvalue weighted by Gasteiger charge is 2.29. The molecule has 0 bridgehead atoms. The summed E-state index contributed by atoms with van der Waals surface area (Å²) in [5.41, 5.74) is 1.67. The lowest BCUT2D eigenvalue weighted by Gasteiger charge is -2.30. The molecule has 1 aliphatic carbocycles. The molecule has 0 amide bonds. The number of rotatable bonds is 4. The van der Waals surface area contributed by atoms with Crippen molar-refractivity contribution in [2.75, 3.05) is 14.2 Å². The first-order valence-corrected chi connectivity index (χ1v) is 6.45. The molecule has 104 valence electrons. The van der Waals surface area contributed by atoms with Gasteiger partial charge in [-0.05, 0) is 12.1 Å². The smallest absolute Gasteiger partial charge is 0.126 e. The molecule has 1 aliphatic rings.